The second-order valence-electron chi connectivity index (χ2n) is 6.99. The summed E-state index contributed by atoms with van der Waals surface area (Å²) in [6.45, 7) is 3.63. The molecule has 2 aromatic carbocycles. The van der Waals surface area contributed by atoms with E-state index >= 15 is 0 Å². The van der Waals surface area contributed by atoms with Gasteiger partial charge in [0.1, 0.15) is 5.75 Å². The first-order chi connectivity index (χ1) is 15.7. The van der Waals surface area contributed by atoms with Crippen LogP contribution < -0.4 is 10.1 Å². The molecule has 0 aliphatic rings. The number of ether oxygens (including phenoxy) is 2. The number of thioether (sulfide) groups is 1. The zero-order chi connectivity index (χ0) is 22.3. The average molecular weight is 452 g/mol. The minimum Gasteiger partial charge on any atom is -0.494 e. The number of hydrogen-bond acceptors (Lipinski definition) is 6. The monoisotopic (exact) mass is 451 g/mol. The van der Waals surface area contributed by atoms with Gasteiger partial charge in [-0.05, 0) is 37.3 Å². The van der Waals surface area contributed by atoms with Crippen LogP contribution in [0.4, 0.5) is 5.69 Å². The van der Waals surface area contributed by atoms with Crippen molar-refractivity contribution in [2.45, 2.75) is 18.6 Å². The fraction of sp³-hybridized carbons (Fsp3) is 0.261. The molecule has 9 heteroatoms. The predicted molar refractivity (Wildman–Crippen MR) is 126 cm³/mol. The molecule has 0 spiro atoms. The Kier molecular flexibility index (Phi) is 7.08. The van der Waals surface area contributed by atoms with Crippen LogP contribution in [0.2, 0.25) is 0 Å². The third kappa shape index (κ3) is 4.95. The molecule has 2 N–H and O–H groups in total. The standard InChI is InChI=1S/C23H25N5O3S/c1-3-31-17-10-8-16(9-11-17)25-21(29)15-32-23-27-26-22(28(23)12-13-30-2)19-14-24-20-7-5-4-6-18(19)20/h4-11,14,24H,3,12-13,15H2,1-2H3,(H,25,29). The third-order valence-electron chi connectivity index (χ3n) is 4.85. The minimum atomic E-state index is -0.117. The number of carbonyl (C=O) groups excluding carboxylic acids is 1. The minimum absolute atomic E-state index is 0.117. The van der Waals surface area contributed by atoms with Crippen molar-refractivity contribution < 1.29 is 14.3 Å². The van der Waals surface area contributed by atoms with Gasteiger partial charge in [-0.25, -0.2) is 0 Å². The van der Waals surface area contributed by atoms with E-state index < -0.39 is 0 Å². The molecule has 0 aliphatic carbocycles. The highest BCUT2D eigenvalue weighted by molar-refractivity contribution is 7.99. The molecule has 8 nitrogen and oxygen atoms in total. The van der Waals surface area contributed by atoms with E-state index in [2.05, 4.69) is 20.5 Å². The van der Waals surface area contributed by atoms with Crippen LogP contribution in [0.5, 0.6) is 5.75 Å². The lowest BCUT2D eigenvalue weighted by molar-refractivity contribution is -0.113. The number of anilines is 1. The van der Waals surface area contributed by atoms with E-state index in [0.717, 1.165) is 33.7 Å². The Labute approximate surface area is 190 Å². The number of H-pyrrole nitrogens is 1. The molecule has 2 aromatic heterocycles. The number of carbonyl (C=O) groups is 1. The van der Waals surface area contributed by atoms with Crippen LogP contribution in [0.3, 0.4) is 0 Å². The van der Waals surface area contributed by atoms with Gasteiger partial charge in [-0.2, -0.15) is 0 Å². The number of nitrogens with zero attached hydrogens (tertiary/aromatic N) is 3. The SMILES string of the molecule is CCOc1ccc(NC(=O)CSc2nnc(-c3c[nH]c4ccccc34)n2CCOC)cc1. The number of fused-ring (bicyclic) bond motifs is 1. The molecular weight excluding hydrogens is 426 g/mol. The summed E-state index contributed by atoms with van der Waals surface area (Å²) in [6.07, 6.45) is 1.94. The first kappa shape index (κ1) is 21.9. The third-order valence-corrected chi connectivity index (χ3v) is 5.81. The Hall–Kier alpha value is -3.30. The summed E-state index contributed by atoms with van der Waals surface area (Å²) in [4.78, 5) is 15.8. The number of hydrogen-bond donors (Lipinski definition) is 2. The summed E-state index contributed by atoms with van der Waals surface area (Å²) in [5, 5.41) is 13.4. The van der Waals surface area contributed by atoms with Crippen molar-refractivity contribution in [3.05, 3.63) is 54.7 Å². The average Bonchev–Trinajstić information content (AvgIpc) is 3.41. The molecule has 0 atom stereocenters. The van der Waals surface area contributed by atoms with Gasteiger partial charge < -0.3 is 19.8 Å². The maximum Gasteiger partial charge on any atom is 0.234 e. The highest BCUT2D eigenvalue weighted by Gasteiger charge is 2.18. The van der Waals surface area contributed by atoms with Crippen molar-refractivity contribution >= 4 is 34.3 Å². The molecule has 0 bridgehead atoms. The van der Waals surface area contributed by atoms with Gasteiger partial charge in [-0.1, -0.05) is 30.0 Å². The highest BCUT2D eigenvalue weighted by Crippen LogP contribution is 2.30. The Morgan fingerprint density at radius 2 is 1.97 bits per heavy atom. The largest absolute Gasteiger partial charge is 0.494 e. The lowest BCUT2D eigenvalue weighted by Gasteiger charge is -2.10. The number of aromatic nitrogens is 4. The van der Waals surface area contributed by atoms with Crippen molar-refractivity contribution in [3.8, 4) is 17.1 Å². The van der Waals surface area contributed by atoms with E-state index in [1.807, 2.05) is 66.2 Å². The molecule has 0 saturated heterocycles. The number of amides is 1. The summed E-state index contributed by atoms with van der Waals surface area (Å²) < 4.78 is 12.7. The number of benzene rings is 2. The number of methoxy groups -OCH3 is 1. The van der Waals surface area contributed by atoms with Crippen LogP contribution in [0.1, 0.15) is 6.92 Å². The second-order valence-corrected chi connectivity index (χ2v) is 7.94. The zero-order valence-electron chi connectivity index (χ0n) is 18.0. The van der Waals surface area contributed by atoms with E-state index in [1.54, 1.807) is 7.11 Å². The molecule has 1 amide bonds. The van der Waals surface area contributed by atoms with Crippen LogP contribution in [0.25, 0.3) is 22.3 Å². The molecular formula is C23H25N5O3S. The Bertz CT molecular complexity index is 1190. The van der Waals surface area contributed by atoms with Crippen molar-refractivity contribution in [3.63, 3.8) is 0 Å². The van der Waals surface area contributed by atoms with E-state index in [1.165, 1.54) is 11.8 Å². The van der Waals surface area contributed by atoms with Crippen molar-refractivity contribution in [1.82, 2.24) is 19.7 Å². The number of aromatic amines is 1. The molecule has 0 unspecified atom stereocenters. The van der Waals surface area contributed by atoms with Gasteiger partial charge in [-0.3, -0.25) is 9.36 Å². The molecule has 4 rings (SSSR count). The van der Waals surface area contributed by atoms with Gasteiger partial charge in [0.2, 0.25) is 5.91 Å². The van der Waals surface area contributed by atoms with Crippen molar-refractivity contribution in [2.24, 2.45) is 0 Å². The van der Waals surface area contributed by atoms with Crippen LogP contribution in [-0.4, -0.2) is 51.7 Å². The van der Waals surface area contributed by atoms with Crippen LogP contribution in [0, 0.1) is 0 Å². The fourth-order valence-corrected chi connectivity index (χ4v) is 4.13. The molecule has 32 heavy (non-hydrogen) atoms. The lowest BCUT2D eigenvalue weighted by Crippen LogP contribution is -2.15. The number of rotatable bonds is 10. The second kappa shape index (κ2) is 10.3. The van der Waals surface area contributed by atoms with Gasteiger partial charge in [0, 0.05) is 35.5 Å². The van der Waals surface area contributed by atoms with Crippen LogP contribution in [-0.2, 0) is 16.1 Å². The first-order valence-corrected chi connectivity index (χ1v) is 11.3. The first-order valence-electron chi connectivity index (χ1n) is 10.3. The van der Waals surface area contributed by atoms with E-state index in [9.17, 15) is 4.79 Å². The zero-order valence-corrected chi connectivity index (χ0v) is 18.8. The number of para-hydroxylation sites is 1. The van der Waals surface area contributed by atoms with E-state index in [-0.39, 0.29) is 11.7 Å². The maximum absolute atomic E-state index is 12.5. The van der Waals surface area contributed by atoms with Gasteiger partial charge in [0.05, 0.1) is 25.5 Å². The van der Waals surface area contributed by atoms with Crippen LogP contribution >= 0.6 is 11.8 Å². The van der Waals surface area contributed by atoms with Crippen molar-refractivity contribution in [2.75, 3.05) is 31.4 Å². The number of nitrogens with one attached hydrogen (secondary N) is 2. The van der Waals surface area contributed by atoms with Gasteiger partial charge in [0.15, 0.2) is 11.0 Å². The Morgan fingerprint density at radius 1 is 1.16 bits per heavy atom. The topological polar surface area (TPSA) is 94.1 Å². The van der Waals surface area contributed by atoms with Gasteiger partial charge >= 0.3 is 0 Å². The summed E-state index contributed by atoms with van der Waals surface area (Å²) in [6, 6.07) is 15.4. The summed E-state index contributed by atoms with van der Waals surface area (Å²) >= 11 is 1.35. The smallest absolute Gasteiger partial charge is 0.234 e. The van der Waals surface area contributed by atoms with E-state index in [0.29, 0.717) is 24.9 Å². The summed E-state index contributed by atoms with van der Waals surface area (Å²) in [7, 11) is 1.66. The normalized spacial score (nSPS) is 11.1. The van der Waals surface area contributed by atoms with Gasteiger partial charge in [0.25, 0.3) is 0 Å². The molecule has 0 aliphatic heterocycles. The molecule has 0 radical (unpaired) electrons. The molecule has 4 aromatic rings. The quantitative estimate of drug-likeness (QED) is 0.351. The maximum atomic E-state index is 12.5. The van der Waals surface area contributed by atoms with Crippen molar-refractivity contribution in [1.29, 1.82) is 0 Å². The lowest BCUT2D eigenvalue weighted by atomic mass is 10.1. The molecule has 2 heterocycles. The van der Waals surface area contributed by atoms with Gasteiger partial charge in [-0.15, -0.1) is 10.2 Å². The predicted octanol–water partition coefficient (Wildman–Crippen LogP) is 4.20. The Morgan fingerprint density at radius 3 is 2.75 bits per heavy atom. The fourth-order valence-electron chi connectivity index (χ4n) is 3.36. The summed E-state index contributed by atoms with van der Waals surface area (Å²) in [5.41, 5.74) is 2.72. The Balaban J connectivity index is 1.48. The molecule has 0 fully saturated rings. The highest BCUT2D eigenvalue weighted by atomic mass is 32.2. The summed E-state index contributed by atoms with van der Waals surface area (Å²) in [5.74, 6) is 1.62. The molecule has 166 valence electrons. The molecule has 0 saturated carbocycles. The van der Waals surface area contributed by atoms with E-state index in [4.69, 9.17) is 9.47 Å². The van der Waals surface area contributed by atoms with Crippen LogP contribution in [0.15, 0.2) is 59.9 Å².